The van der Waals surface area contributed by atoms with E-state index in [1.54, 1.807) is 0 Å². The Morgan fingerprint density at radius 3 is 2.52 bits per heavy atom. The molecule has 3 aliphatic rings. The van der Waals surface area contributed by atoms with Crippen molar-refractivity contribution in [3.05, 3.63) is 0 Å². The predicted molar refractivity (Wildman–Crippen MR) is 96.3 cm³/mol. The second-order valence-corrected chi connectivity index (χ2v) is 6.89. The predicted octanol–water partition coefficient (Wildman–Crippen LogP) is 1.39. The van der Waals surface area contributed by atoms with Gasteiger partial charge in [0.05, 0.1) is 13.2 Å². The molecule has 0 aromatic rings. The summed E-state index contributed by atoms with van der Waals surface area (Å²) in [5.74, 6) is 1.66. The van der Waals surface area contributed by atoms with Crippen LogP contribution in [0.3, 0.4) is 0 Å². The van der Waals surface area contributed by atoms with Gasteiger partial charge < -0.3 is 15.4 Å². The number of rotatable bonds is 4. The van der Waals surface area contributed by atoms with Gasteiger partial charge in [-0.1, -0.05) is 6.42 Å². The molecule has 1 aliphatic carbocycles. The molecule has 7 heteroatoms. The van der Waals surface area contributed by atoms with Crippen LogP contribution >= 0.6 is 24.8 Å². The van der Waals surface area contributed by atoms with Gasteiger partial charge in [-0.05, 0) is 37.6 Å². The molecule has 5 nitrogen and oxygen atoms in total. The molecule has 0 bridgehead atoms. The maximum Gasteiger partial charge on any atom is 0.226 e. The number of ether oxygens (including phenoxy) is 1. The van der Waals surface area contributed by atoms with Gasteiger partial charge in [0.1, 0.15) is 0 Å². The van der Waals surface area contributed by atoms with Gasteiger partial charge in [-0.2, -0.15) is 0 Å². The van der Waals surface area contributed by atoms with Gasteiger partial charge in [0.15, 0.2) is 0 Å². The van der Waals surface area contributed by atoms with E-state index < -0.39 is 0 Å². The highest BCUT2D eigenvalue weighted by atomic mass is 35.5. The molecule has 0 radical (unpaired) electrons. The van der Waals surface area contributed by atoms with Crippen molar-refractivity contribution in [3.63, 3.8) is 0 Å². The molecule has 23 heavy (non-hydrogen) atoms. The summed E-state index contributed by atoms with van der Waals surface area (Å²) >= 11 is 0. The van der Waals surface area contributed by atoms with Crippen LogP contribution in [-0.4, -0.2) is 68.2 Å². The summed E-state index contributed by atoms with van der Waals surface area (Å²) in [5.41, 5.74) is 5.82. The molecule has 2 aliphatic heterocycles. The highest BCUT2D eigenvalue weighted by Gasteiger charge is 2.37. The Kier molecular flexibility index (Phi) is 9.16. The molecular formula is C16H31Cl2N3O2. The van der Waals surface area contributed by atoms with Gasteiger partial charge >= 0.3 is 0 Å². The van der Waals surface area contributed by atoms with Crippen LogP contribution in [0.4, 0.5) is 0 Å². The number of hydrogen-bond acceptors (Lipinski definition) is 4. The van der Waals surface area contributed by atoms with Crippen LogP contribution in [0.2, 0.25) is 0 Å². The smallest absolute Gasteiger partial charge is 0.226 e. The fourth-order valence-corrected chi connectivity index (χ4v) is 4.21. The second-order valence-electron chi connectivity index (χ2n) is 6.89. The third kappa shape index (κ3) is 5.20. The Balaban J connectivity index is 0.00000132. The zero-order valence-electron chi connectivity index (χ0n) is 13.8. The second kappa shape index (κ2) is 10.0. The number of amides is 1. The molecular weight excluding hydrogens is 337 g/mol. The number of hydrogen-bond donors (Lipinski definition) is 1. The Hall–Kier alpha value is -0.0700. The van der Waals surface area contributed by atoms with Crippen LogP contribution < -0.4 is 5.73 Å². The van der Waals surface area contributed by atoms with E-state index in [4.69, 9.17) is 10.5 Å². The number of carbonyl (C=O) groups is 1. The summed E-state index contributed by atoms with van der Waals surface area (Å²) in [4.78, 5) is 17.3. The van der Waals surface area contributed by atoms with Gasteiger partial charge in [-0.25, -0.2) is 0 Å². The van der Waals surface area contributed by atoms with Crippen LogP contribution in [0.15, 0.2) is 0 Å². The quantitative estimate of drug-likeness (QED) is 0.815. The number of carbonyl (C=O) groups excluding carboxylic acids is 1. The number of nitrogens with two attached hydrogens (primary N) is 1. The van der Waals surface area contributed by atoms with Crippen molar-refractivity contribution in [1.29, 1.82) is 0 Å². The van der Waals surface area contributed by atoms with Gasteiger partial charge in [0.2, 0.25) is 5.91 Å². The number of halogens is 2. The first-order valence-electron chi connectivity index (χ1n) is 8.57. The molecule has 3 rings (SSSR count). The molecule has 0 spiro atoms. The van der Waals surface area contributed by atoms with Crippen LogP contribution in [0.1, 0.15) is 25.7 Å². The monoisotopic (exact) mass is 367 g/mol. The van der Waals surface area contributed by atoms with Crippen molar-refractivity contribution in [3.8, 4) is 0 Å². The molecule has 136 valence electrons. The summed E-state index contributed by atoms with van der Waals surface area (Å²) in [7, 11) is 0. The van der Waals surface area contributed by atoms with E-state index >= 15 is 0 Å². The Labute approximate surface area is 152 Å². The number of likely N-dealkylation sites (tertiary alicyclic amines) is 1. The van der Waals surface area contributed by atoms with E-state index in [9.17, 15) is 4.79 Å². The molecule has 2 heterocycles. The van der Waals surface area contributed by atoms with E-state index in [1.807, 2.05) is 0 Å². The number of nitrogens with zero attached hydrogens (tertiary/aromatic N) is 2. The maximum absolute atomic E-state index is 12.7. The number of morpholine rings is 1. The molecule has 1 amide bonds. The Morgan fingerprint density at radius 1 is 1.09 bits per heavy atom. The summed E-state index contributed by atoms with van der Waals surface area (Å²) in [6.07, 6.45) is 4.51. The minimum absolute atomic E-state index is 0. The molecule has 2 N–H and O–H groups in total. The average Bonchev–Trinajstić information content (AvgIpc) is 3.16. The van der Waals surface area contributed by atoms with E-state index in [2.05, 4.69) is 9.80 Å². The lowest BCUT2D eigenvalue weighted by atomic mass is 9.95. The lowest BCUT2D eigenvalue weighted by molar-refractivity contribution is -0.135. The molecule has 0 aromatic heterocycles. The van der Waals surface area contributed by atoms with Crippen molar-refractivity contribution < 1.29 is 9.53 Å². The first-order chi connectivity index (χ1) is 10.3. The highest BCUT2D eigenvalue weighted by molar-refractivity contribution is 5.85. The van der Waals surface area contributed by atoms with Crippen LogP contribution in [-0.2, 0) is 9.53 Å². The lowest BCUT2D eigenvalue weighted by Crippen LogP contribution is -2.41. The third-order valence-electron chi connectivity index (χ3n) is 5.50. The van der Waals surface area contributed by atoms with E-state index in [0.717, 1.165) is 65.2 Å². The zero-order valence-corrected chi connectivity index (χ0v) is 15.5. The van der Waals surface area contributed by atoms with E-state index in [-0.39, 0.29) is 30.7 Å². The first kappa shape index (κ1) is 21.0. The van der Waals surface area contributed by atoms with Crippen molar-refractivity contribution >= 4 is 30.7 Å². The summed E-state index contributed by atoms with van der Waals surface area (Å²) < 4.78 is 5.40. The molecule has 1 unspecified atom stereocenters. The SMILES string of the molecule is Cl.Cl.NC[C@H]1CCC[C@H]1C(=O)N1CCC(CN2CCOCC2)C1. The van der Waals surface area contributed by atoms with Crippen LogP contribution in [0, 0.1) is 17.8 Å². The van der Waals surface area contributed by atoms with Crippen molar-refractivity contribution in [2.24, 2.45) is 23.5 Å². The summed E-state index contributed by atoms with van der Waals surface area (Å²) in [6, 6.07) is 0. The molecule has 1 saturated carbocycles. The van der Waals surface area contributed by atoms with Crippen LogP contribution in [0.25, 0.3) is 0 Å². The topological polar surface area (TPSA) is 58.8 Å². The Morgan fingerprint density at radius 2 is 1.83 bits per heavy atom. The van der Waals surface area contributed by atoms with E-state index in [0.29, 0.717) is 24.3 Å². The van der Waals surface area contributed by atoms with Gasteiger partial charge in [0, 0.05) is 38.6 Å². The first-order valence-corrected chi connectivity index (χ1v) is 8.57. The molecule has 0 aromatic carbocycles. The lowest BCUT2D eigenvalue weighted by Gasteiger charge is -2.29. The maximum atomic E-state index is 12.7. The molecule has 2 saturated heterocycles. The van der Waals surface area contributed by atoms with Crippen LogP contribution in [0.5, 0.6) is 0 Å². The van der Waals surface area contributed by atoms with E-state index in [1.165, 1.54) is 6.42 Å². The van der Waals surface area contributed by atoms with Gasteiger partial charge in [0.25, 0.3) is 0 Å². The van der Waals surface area contributed by atoms with Crippen molar-refractivity contribution in [2.75, 3.05) is 52.5 Å². The Bertz CT molecular complexity index is 367. The summed E-state index contributed by atoms with van der Waals surface area (Å²) in [6.45, 7) is 7.49. The standard InChI is InChI=1S/C16H29N3O2.2ClH/c17-10-14-2-1-3-15(14)16(20)19-5-4-13(12-19)11-18-6-8-21-9-7-18;;/h13-15H,1-12,17H2;2*1H/t13?,14-,15-;;/m1../s1. The third-order valence-corrected chi connectivity index (χ3v) is 5.50. The highest BCUT2D eigenvalue weighted by Crippen LogP contribution is 2.33. The normalized spacial score (nSPS) is 31.5. The minimum Gasteiger partial charge on any atom is -0.379 e. The largest absolute Gasteiger partial charge is 0.379 e. The average molecular weight is 368 g/mol. The van der Waals surface area contributed by atoms with Crippen molar-refractivity contribution in [2.45, 2.75) is 25.7 Å². The fraction of sp³-hybridized carbons (Fsp3) is 0.938. The van der Waals surface area contributed by atoms with Crippen molar-refractivity contribution in [1.82, 2.24) is 9.80 Å². The zero-order chi connectivity index (χ0) is 14.7. The molecule has 3 atom stereocenters. The summed E-state index contributed by atoms with van der Waals surface area (Å²) in [5, 5.41) is 0. The fourth-order valence-electron chi connectivity index (χ4n) is 4.21. The minimum atomic E-state index is 0. The van der Waals surface area contributed by atoms with Gasteiger partial charge in [-0.15, -0.1) is 24.8 Å². The molecule has 3 fully saturated rings. The van der Waals surface area contributed by atoms with Gasteiger partial charge in [-0.3, -0.25) is 9.69 Å².